The Kier molecular flexibility index (Phi) is 5.21. The van der Waals surface area contributed by atoms with Gasteiger partial charge in [-0.2, -0.15) is 0 Å². The minimum absolute atomic E-state index is 0.133. The molecule has 0 spiro atoms. The maximum Gasteiger partial charge on any atom is 0.305 e. The summed E-state index contributed by atoms with van der Waals surface area (Å²) in [5, 5.41) is 15.4. The van der Waals surface area contributed by atoms with Crippen molar-refractivity contribution in [2.75, 3.05) is 6.26 Å². The minimum atomic E-state index is -0.990. The molecule has 0 saturated carbocycles. The zero-order chi connectivity index (χ0) is 16.1. The van der Waals surface area contributed by atoms with Crippen LogP contribution in [0, 0.1) is 6.92 Å². The summed E-state index contributed by atoms with van der Waals surface area (Å²) in [6, 6.07) is 8.28. The number of carbonyl (C=O) groups is 2. The van der Waals surface area contributed by atoms with Crippen LogP contribution in [-0.2, 0) is 4.79 Å². The molecule has 2 rings (SSSR count). The third kappa shape index (κ3) is 4.11. The highest BCUT2D eigenvalue weighted by molar-refractivity contribution is 7.98. The lowest BCUT2D eigenvalue weighted by atomic mass is 10.0. The number of aliphatic carboxylic acids is 1. The minimum Gasteiger partial charge on any atom is -0.481 e. The first-order valence-electron chi connectivity index (χ1n) is 6.59. The van der Waals surface area contributed by atoms with E-state index in [4.69, 9.17) is 9.63 Å². The Morgan fingerprint density at radius 3 is 2.55 bits per heavy atom. The van der Waals surface area contributed by atoms with Crippen LogP contribution < -0.4 is 5.32 Å². The molecule has 6 nitrogen and oxygen atoms in total. The van der Waals surface area contributed by atoms with Gasteiger partial charge < -0.3 is 14.9 Å². The zero-order valence-corrected chi connectivity index (χ0v) is 13.0. The molecule has 0 radical (unpaired) electrons. The van der Waals surface area contributed by atoms with E-state index in [1.807, 2.05) is 30.5 Å². The standard InChI is InChI=1S/C15H16N2O4S/c1-9-7-13(17-21-9)15(20)16-12(8-14(18)19)10-3-5-11(22-2)6-4-10/h3-7,12H,8H2,1-2H3,(H,16,20)(H,18,19)/t12-/m1/s1. The van der Waals surface area contributed by atoms with E-state index in [0.29, 0.717) is 5.76 Å². The molecule has 2 aromatic rings. The fourth-order valence-corrected chi connectivity index (χ4v) is 2.38. The molecule has 0 aliphatic rings. The van der Waals surface area contributed by atoms with E-state index in [9.17, 15) is 9.59 Å². The van der Waals surface area contributed by atoms with Crippen molar-refractivity contribution in [3.8, 4) is 0 Å². The van der Waals surface area contributed by atoms with Crippen LogP contribution in [0.3, 0.4) is 0 Å². The van der Waals surface area contributed by atoms with Crippen molar-refractivity contribution < 1.29 is 19.2 Å². The summed E-state index contributed by atoms with van der Waals surface area (Å²) in [4.78, 5) is 24.2. The Bertz CT molecular complexity index is 666. The molecule has 1 heterocycles. The molecule has 1 atom stereocenters. The Morgan fingerprint density at radius 2 is 2.05 bits per heavy atom. The van der Waals surface area contributed by atoms with E-state index < -0.39 is 17.9 Å². The van der Waals surface area contributed by atoms with Gasteiger partial charge in [0.05, 0.1) is 12.5 Å². The second-order valence-electron chi connectivity index (χ2n) is 4.72. The monoisotopic (exact) mass is 320 g/mol. The van der Waals surface area contributed by atoms with Crippen LogP contribution in [0.1, 0.15) is 34.3 Å². The highest BCUT2D eigenvalue weighted by atomic mass is 32.2. The van der Waals surface area contributed by atoms with Crippen molar-refractivity contribution in [3.63, 3.8) is 0 Å². The van der Waals surface area contributed by atoms with Gasteiger partial charge in [-0.3, -0.25) is 9.59 Å². The van der Waals surface area contributed by atoms with E-state index in [1.54, 1.807) is 18.7 Å². The van der Waals surface area contributed by atoms with Crippen molar-refractivity contribution >= 4 is 23.6 Å². The maximum atomic E-state index is 12.1. The van der Waals surface area contributed by atoms with Crippen molar-refractivity contribution in [2.45, 2.75) is 24.3 Å². The number of carbonyl (C=O) groups excluding carboxylic acids is 1. The lowest BCUT2D eigenvalue weighted by molar-refractivity contribution is -0.137. The van der Waals surface area contributed by atoms with Gasteiger partial charge in [-0.1, -0.05) is 17.3 Å². The van der Waals surface area contributed by atoms with Crippen molar-refractivity contribution in [1.29, 1.82) is 0 Å². The lowest BCUT2D eigenvalue weighted by Gasteiger charge is -2.17. The number of hydrogen-bond acceptors (Lipinski definition) is 5. The molecule has 0 fully saturated rings. The van der Waals surface area contributed by atoms with Crippen LogP contribution in [0.5, 0.6) is 0 Å². The smallest absolute Gasteiger partial charge is 0.305 e. The van der Waals surface area contributed by atoms with Gasteiger partial charge in [-0.15, -0.1) is 11.8 Å². The summed E-state index contributed by atoms with van der Waals surface area (Å²) in [6.07, 6.45) is 1.75. The summed E-state index contributed by atoms with van der Waals surface area (Å²) < 4.78 is 4.85. The molecule has 116 valence electrons. The average molecular weight is 320 g/mol. The van der Waals surface area contributed by atoms with E-state index in [1.165, 1.54) is 6.07 Å². The van der Waals surface area contributed by atoms with E-state index in [0.717, 1.165) is 10.5 Å². The van der Waals surface area contributed by atoms with Crippen LogP contribution >= 0.6 is 11.8 Å². The van der Waals surface area contributed by atoms with Crippen molar-refractivity contribution in [1.82, 2.24) is 10.5 Å². The Hall–Kier alpha value is -2.28. The Labute approximate surface area is 131 Å². The first-order valence-corrected chi connectivity index (χ1v) is 7.82. The van der Waals surface area contributed by atoms with E-state index in [-0.39, 0.29) is 12.1 Å². The highest BCUT2D eigenvalue weighted by Crippen LogP contribution is 2.21. The largest absolute Gasteiger partial charge is 0.481 e. The number of amides is 1. The number of thioether (sulfide) groups is 1. The number of carboxylic acids is 1. The van der Waals surface area contributed by atoms with Gasteiger partial charge in [0.1, 0.15) is 5.76 Å². The summed E-state index contributed by atoms with van der Waals surface area (Å²) >= 11 is 1.59. The molecule has 1 aromatic carbocycles. The van der Waals surface area contributed by atoms with Gasteiger partial charge in [0.25, 0.3) is 5.91 Å². The topological polar surface area (TPSA) is 92.4 Å². The van der Waals surface area contributed by atoms with Crippen LogP contribution in [0.2, 0.25) is 0 Å². The average Bonchev–Trinajstić information content (AvgIpc) is 2.93. The second-order valence-corrected chi connectivity index (χ2v) is 5.60. The Morgan fingerprint density at radius 1 is 1.36 bits per heavy atom. The summed E-state index contributed by atoms with van der Waals surface area (Å²) in [6.45, 7) is 1.68. The van der Waals surface area contributed by atoms with E-state index in [2.05, 4.69) is 10.5 Å². The fourth-order valence-electron chi connectivity index (χ4n) is 1.97. The molecule has 1 aromatic heterocycles. The zero-order valence-electron chi connectivity index (χ0n) is 12.2. The van der Waals surface area contributed by atoms with Gasteiger partial charge in [-0.05, 0) is 30.9 Å². The molecule has 0 aliphatic carbocycles. The number of aryl methyl sites for hydroxylation is 1. The summed E-state index contributed by atoms with van der Waals surface area (Å²) in [7, 11) is 0. The van der Waals surface area contributed by atoms with Gasteiger partial charge in [-0.25, -0.2) is 0 Å². The number of carboxylic acid groups (broad SMARTS) is 1. The summed E-state index contributed by atoms with van der Waals surface area (Å²) in [5.74, 6) is -0.933. The maximum absolute atomic E-state index is 12.1. The van der Waals surface area contributed by atoms with Gasteiger partial charge in [0, 0.05) is 11.0 Å². The number of hydrogen-bond donors (Lipinski definition) is 2. The normalized spacial score (nSPS) is 11.9. The fraction of sp³-hybridized carbons (Fsp3) is 0.267. The predicted molar refractivity (Wildman–Crippen MR) is 81.9 cm³/mol. The van der Waals surface area contributed by atoms with Gasteiger partial charge >= 0.3 is 5.97 Å². The van der Waals surface area contributed by atoms with Crippen LogP contribution in [0.4, 0.5) is 0 Å². The van der Waals surface area contributed by atoms with Crippen LogP contribution in [-0.4, -0.2) is 28.4 Å². The first kappa shape index (κ1) is 16.1. The molecular weight excluding hydrogens is 304 g/mol. The quantitative estimate of drug-likeness (QED) is 0.795. The molecule has 22 heavy (non-hydrogen) atoms. The predicted octanol–water partition coefficient (Wildman–Crippen LogP) is 2.65. The third-order valence-corrected chi connectivity index (χ3v) is 3.81. The molecule has 0 saturated heterocycles. The van der Waals surface area contributed by atoms with Crippen LogP contribution in [0.25, 0.3) is 0 Å². The highest BCUT2D eigenvalue weighted by Gasteiger charge is 2.20. The number of aromatic nitrogens is 1. The summed E-state index contributed by atoms with van der Waals surface area (Å²) in [5.41, 5.74) is 0.863. The second kappa shape index (κ2) is 7.13. The molecular formula is C15H16N2O4S. The third-order valence-electron chi connectivity index (χ3n) is 3.06. The Balaban J connectivity index is 2.18. The van der Waals surface area contributed by atoms with Crippen molar-refractivity contribution in [3.05, 3.63) is 47.3 Å². The number of benzene rings is 1. The number of nitrogens with zero attached hydrogens (tertiary/aromatic N) is 1. The SMILES string of the molecule is CSc1ccc([C@@H](CC(=O)O)NC(=O)c2cc(C)on2)cc1. The molecule has 0 unspecified atom stereocenters. The molecule has 0 aliphatic heterocycles. The molecule has 7 heteroatoms. The van der Waals surface area contributed by atoms with Crippen LogP contribution in [0.15, 0.2) is 39.8 Å². The molecule has 2 N–H and O–H groups in total. The number of rotatable bonds is 6. The van der Waals surface area contributed by atoms with Gasteiger partial charge in [0.2, 0.25) is 0 Å². The first-order chi connectivity index (χ1) is 10.5. The molecule has 0 bridgehead atoms. The number of nitrogens with one attached hydrogen (secondary N) is 1. The van der Waals surface area contributed by atoms with Crippen molar-refractivity contribution in [2.24, 2.45) is 0 Å². The van der Waals surface area contributed by atoms with E-state index >= 15 is 0 Å². The lowest BCUT2D eigenvalue weighted by Crippen LogP contribution is -2.30. The molecule has 1 amide bonds. The van der Waals surface area contributed by atoms with Gasteiger partial charge in [0.15, 0.2) is 5.69 Å².